The Morgan fingerprint density at radius 2 is 1.30 bits per heavy atom. The number of benzene rings is 4. The topological polar surface area (TPSA) is 173 Å². The number of methoxy groups -OCH3 is 1. The fourth-order valence-corrected chi connectivity index (χ4v) is 5.38. The molecule has 0 aliphatic rings. The van der Waals surface area contributed by atoms with Crippen molar-refractivity contribution in [3.63, 3.8) is 0 Å². The molecular weight excluding hydrogens is 612 g/mol. The summed E-state index contributed by atoms with van der Waals surface area (Å²) in [4.78, 5) is 73.9. The third kappa shape index (κ3) is 6.47. The minimum Gasteiger partial charge on any atom is -0.507 e. The van der Waals surface area contributed by atoms with E-state index in [1.54, 1.807) is 24.3 Å². The largest absolute Gasteiger partial charge is 0.507 e. The Hall–Kier alpha value is -6.56. The van der Waals surface area contributed by atoms with Gasteiger partial charge in [0, 0.05) is 29.2 Å². The lowest BCUT2D eigenvalue weighted by atomic mass is 9.73. The molecule has 4 aromatic carbocycles. The average molecular weight is 637 g/mol. The summed E-state index contributed by atoms with van der Waals surface area (Å²) in [7, 11) is 1.39. The van der Waals surface area contributed by atoms with Crippen LogP contribution in [0.25, 0.3) is 11.0 Å². The van der Waals surface area contributed by atoms with E-state index in [4.69, 9.17) is 23.4 Å². The third-order valence-electron chi connectivity index (χ3n) is 7.49. The summed E-state index contributed by atoms with van der Waals surface area (Å²) in [5.41, 5.74) is -0.336. The lowest BCUT2D eigenvalue weighted by Crippen LogP contribution is -2.27. The maximum Gasteiger partial charge on any atom is 0.298 e. The highest BCUT2D eigenvalue weighted by Crippen LogP contribution is 2.43. The van der Waals surface area contributed by atoms with E-state index in [1.807, 2.05) is 0 Å². The number of phenols is 1. The van der Waals surface area contributed by atoms with Crippen LogP contribution in [0.15, 0.2) is 94.3 Å². The number of hydrogen-bond acceptors (Lipinski definition) is 12. The second-order valence-electron chi connectivity index (χ2n) is 10.0. The number of carbonyl (C=O) groups excluding carboxylic acids is 5. The molecule has 1 atom stereocenters. The summed E-state index contributed by atoms with van der Waals surface area (Å²) in [5.74, 6) is -2.85. The van der Waals surface area contributed by atoms with Gasteiger partial charge in [0.1, 0.15) is 34.3 Å². The summed E-state index contributed by atoms with van der Waals surface area (Å²) in [6, 6.07) is 18.9. The second-order valence-corrected chi connectivity index (χ2v) is 10.0. The van der Waals surface area contributed by atoms with Crippen molar-refractivity contribution in [1.29, 1.82) is 0 Å². The number of Topliss-reactive ketones (excluding diaryl/α,β-unsaturated/α-hetero) is 1. The Labute approximate surface area is 265 Å². The zero-order valence-electron chi connectivity index (χ0n) is 24.5. The smallest absolute Gasteiger partial charge is 0.298 e. The van der Waals surface area contributed by atoms with Crippen LogP contribution in [0.1, 0.15) is 49.2 Å². The lowest BCUT2D eigenvalue weighted by Gasteiger charge is -2.28. The molecule has 12 nitrogen and oxygen atoms in total. The minimum atomic E-state index is -1.41. The molecule has 0 saturated heterocycles. The molecule has 47 heavy (non-hydrogen) atoms. The van der Waals surface area contributed by atoms with Crippen LogP contribution in [-0.4, -0.2) is 43.7 Å². The molecule has 0 unspecified atom stereocenters. The van der Waals surface area contributed by atoms with Crippen molar-refractivity contribution in [3.05, 3.63) is 123 Å². The predicted molar refractivity (Wildman–Crippen MR) is 164 cm³/mol. The molecule has 0 amide bonds. The van der Waals surface area contributed by atoms with Gasteiger partial charge in [-0.05, 0) is 53.6 Å². The van der Waals surface area contributed by atoms with Crippen LogP contribution in [0.2, 0.25) is 0 Å². The third-order valence-corrected chi connectivity index (χ3v) is 7.49. The van der Waals surface area contributed by atoms with Crippen molar-refractivity contribution in [2.75, 3.05) is 7.11 Å². The molecule has 236 valence electrons. The maximum atomic E-state index is 14.6. The van der Waals surface area contributed by atoms with E-state index in [0.717, 1.165) is 6.26 Å². The van der Waals surface area contributed by atoms with Crippen molar-refractivity contribution in [3.8, 4) is 28.7 Å². The van der Waals surface area contributed by atoms with Gasteiger partial charge in [-0.15, -0.1) is 0 Å². The molecule has 0 aliphatic heterocycles. The SMILES string of the molecule is COc1ccc(C(=O)[C@@H](c2coc3cc(OC=O)cc(C=O)c3c2=O)C(c2ccc(OC=O)cc2)c2ccc(OC=O)cc2)c(O)c1. The molecule has 5 rings (SSSR count). The molecule has 1 heterocycles. The van der Waals surface area contributed by atoms with E-state index in [-0.39, 0.29) is 70.1 Å². The number of fused-ring (bicyclic) bond motifs is 1. The fraction of sp³-hybridized carbons (Fsp3) is 0.0857. The van der Waals surface area contributed by atoms with Crippen LogP contribution in [0.5, 0.6) is 28.7 Å². The van der Waals surface area contributed by atoms with Gasteiger partial charge in [-0.2, -0.15) is 0 Å². The van der Waals surface area contributed by atoms with Gasteiger partial charge in [-0.1, -0.05) is 24.3 Å². The number of ketones is 1. The summed E-state index contributed by atoms with van der Waals surface area (Å²) >= 11 is 0. The molecule has 0 bridgehead atoms. The highest BCUT2D eigenvalue weighted by Gasteiger charge is 2.37. The van der Waals surface area contributed by atoms with Gasteiger partial charge in [0.25, 0.3) is 19.4 Å². The quantitative estimate of drug-likeness (QED) is 0.131. The average Bonchev–Trinajstić information content (AvgIpc) is 3.08. The van der Waals surface area contributed by atoms with Crippen molar-refractivity contribution in [2.45, 2.75) is 11.8 Å². The standard InChI is InChI=1S/C35H24O12/c1-43-25-10-11-27(29(40)13-25)34(41)33(28-16-44-30-14-26(47-19-39)12-22(15-36)32(30)35(28)42)31(20-2-6-23(7-3-20)45-17-37)21-4-8-24(9-5-21)46-18-38/h2-19,31,33,40H,1H3/t33-/m0/s1. The Morgan fingerprint density at radius 1 is 0.745 bits per heavy atom. The highest BCUT2D eigenvalue weighted by atomic mass is 16.5. The monoisotopic (exact) mass is 636 g/mol. The molecule has 0 fully saturated rings. The number of hydrogen-bond donors (Lipinski definition) is 1. The second kappa shape index (κ2) is 14.0. The van der Waals surface area contributed by atoms with E-state index in [1.165, 1.54) is 61.7 Å². The van der Waals surface area contributed by atoms with Crippen LogP contribution in [0, 0.1) is 0 Å². The zero-order valence-corrected chi connectivity index (χ0v) is 24.5. The first kappa shape index (κ1) is 31.9. The van der Waals surface area contributed by atoms with E-state index < -0.39 is 28.8 Å². The molecule has 5 aromatic rings. The summed E-state index contributed by atoms with van der Waals surface area (Å²) in [5, 5.41) is 10.7. The number of ether oxygens (including phenoxy) is 4. The lowest BCUT2D eigenvalue weighted by molar-refractivity contribution is -0.121. The number of aldehydes is 1. The van der Waals surface area contributed by atoms with Gasteiger partial charge in [0.2, 0.25) is 0 Å². The van der Waals surface area contributed by atoms with Gasteiger partial charge in [-0.3, -0.25) is 28.8 Å². The van der Waals surface area contributed by atoms with Crippen LogP contribution in [0.4, 0.5) is 0 Å². The molecule has 0 aliphatic carbocycles. The van der Waals surface area contributed by atoms with E-state index in [0.29, 0.717) is 17.4 Å². The van der Waals surface area contributed by atoms with Crippen LogP contribution in [0.3, 0.4) is 0 Å². The Bertz CT molecular complexity index is 1970. The summed E-state index contributed by atoms with van der Waals surface area (Å²) in [6.45, 7) is 0.667. The number of carbonyl (C=O) groups is 5. The van der Waals surface area contributed by atoms with Gasteiger partial charge in [0.05, 0.1) is 30.2 Å². The van der Waals surface area contributed by atoms with Crippen LogP contribution >= 0.6 is 0 Å². The Morgan fingerprint density at radius 3 is 1.81 bits per heavy atom. The zero-order chi connectivity index (χ0) is 33.5. The minimum absolute atomic E-state index is 0.0468. The van der Waals surface area contributed by atoms with Crippen molar-refractivity contribution in [2.24, 2.45) is 0 Å². The van der Waals surface area contributed by atoms with Gasteiger partial charge >= 0.3 is 0 Å². The van der Waals surface area contributed by atoms with Crippen molar-refractivity contribution >= 4 is 42.5 Å². The maximum absolute atomic E-state index is 14.6. The molecule has 12 heteroatoms. The molecule has 1 aromatic heterocycles. The van der Waals surface area contributed by atoms with Crippen LogP contribution in [-0.2, 0) is 14.4 Å². The first-order valence-corrected chi connectivity index (χ1v) is 13.8. The summed E-state index contributed by atoms with van der Waals surface area (Å²) in [6.07, 6.45) is 1.47. The molecule has 0 radical (unpaired) electrons. The normalized spacial score (nSPS) is 11.4. The molecule has 1 N–H and O–H groups in total. The summed E-state index contributed by atoms with van der Waals surface area (Å²) < 4.78 is 25.7. The molecule has 0 saturated carbocycles. The van der Waals surface area contributed by atoms with Gasteiger partial charge < -0.3 is 28.5 Å². The first-order chi connectivity index (χ1) is 22.8. The van der Waals surface area contributed by atoms with Gasteiger partial charge in [-0.25, -0.2) is 0 Å². The van der Waals surface area contributed by atoms with Crippen LogP contribution < -0.4 is 24.4 Å². The first-order valence-electron chi connectivity index (χ1n) is 13.8. The fourth-order valence-electron chi connectivity index (χ4n) is 5.38. The predicted octanol–water partition coefficient (Wildman–Crippen LogP) is 4.72. The molecule has 0 spiro atoms. The van der Waals surface area contributed by atoms with E-state index in [2.05, 4.69) is 0 Å². The van der Waals surface area contributed by atoms with Crippen molar-refractivity contribution in [1.82, 2.24) is 0 Å². The number of rotatable bonds is 14. The number of phenolic OH excluding ortho intramolecular Hbond substituents is 1. The number of aromatic hydroxyl groups is 1. The van der Waals surface area contributed by atoms with Crippen molar-refractivity contribution < 1.29 is 52.4 Å². The Kier molecular flexibility index (Phi) is 9.51. The molecular formula is C35H24O12. The highest BCUT2D eigenvalue weighted by molar-refractivity contribution is 6.05. The Balaban J connectivity index is 1.82. The van der Waals surface area contributed by atoms with E-state index in [9.17, 15) is 33.9 Å². The van der Waals surface area contributed by atoms with Gasteiger partial charge in [0.15, 0.2) is 17.5 Å². The van der Waals surface area contributed by atoms with E-state index >= 15 is 0 Å².